The van der Waals surface area contributed by atoms with Crippen molar-refractivity contribution < 1.29 is 4.52 Å². The Labute approximate surface area is 88.6 Å². The molecule has 0 radical (unpaired) electrons. The first-order valence-electron chi connectivity index (χ1n) is 4.93. The zero-order valence-corrected chi connectivity index (χ0v) is 9.51. The molecule has 1 rings (SSSR count). The predicted molar refractivity (Wildman–Crippen MR) is 58.0 cm³/mol. The van der Waals surface area contributed by atoms with Crippen LogP contribution in [-0.4, -0.2) is 15.9 Å². The van der Waals surface area contributed by atoms with Crippen LogP contribution >= 0.6 is 11.8 Å². The second kappa shape index (κ2) is 6.03. The second-order valence-corrected chi connectivity index (χ2v) is 4.36. The first-order valence-corrected chi connectivity index (χ1v) is 6.09. The van der Waals surface area contributed by atoms with Crippen LogP contribution < -0.4 is 5.73 Å². The maximum Gasteiger partial charge on any atom is 0.243 e. The maximum absolute atomic E-state index is 5.84. The minimum absolute atomic E-state index is 0.104. The van der Waals surface area contributed by atoms with E-state index in [4.69, 9.17) is 10.3 Å². The number of nitrogens with two attached hydrogens (primary N) is 1. The van der Waals surface area contributed by atoms with E-state index in [0.717, 1.165) is 30.2 Å². The van der Waals surface area contributed by atoms with E-state index in [0.29, 0.717) is 5.89 Å². The van der Waals surface area contributed by atoms with Crippen molar-refractivity contribution in [3.63, 3.8) is 0 Å². The lowest BCUT2D eigenvalue weighted by Crippen LogP contribution is -2.10. The SMILES string of the molecule is CCC[C@@H](N)c1nc(CSCC)no1. The zero-order chi connectivity index (χ0) is 10.4. The van der Waals surface area contributed by atoms with Crippen LogP contribution in [0.25, 0.3) is 0 Å². The van der Waals surface area contributed by atoms with Crippen molar-refractivity contribution in [2.24, 2.45) is 5.73 Å². The van der Waals surface area contributed by atoms with Crippen LogP contribution in [-0.2, 0) is 5.75 Å². The van der Waals surface area contributed by atoms with E-state index in [1.54, 1.807) is 11.8 Å². The van der Waals surface area contributed by atoms with Crippen molar-refractivity contribution in [3.8, 4) is 0 Å². The Hall–Kier alpha value is -0.550. The van der Waals surface area contributed by atoms with Gasteiger partial charge in [-0.25, -0.2) is 0 Å². The molecule has 0 bridgehead atoms. The Balaban J connectivity index is 2.49. The molecule has 0 aliphatic rings. The fourth-order valence-electron chi connectivity index (χ4n) is 1.10. The third-order valence-corrected chi connectivity index (χ3v) is 2.71. The summed E-state index contributed by atoms with van der Waals surface area (Å²) in [5.74, 6) is 3.18. The van der Waals surface area contributed by atoms with Crippen LogP contribution in [0.2, 0.25) is 0 Å². The van der Waals surface area contributed by atoms with Crippen molar-refractivity contribution >= 4 is 11.8 Å². The molecule has 2 N–H and O–H groups in total. The van der Waals surface area contributed by atoms with Crippen LogP contribution in [0.3, 0.4) is 0 Å². The Morgan fingerprint density at radius 2 is 2.29 bits per heavy atom. The van der Waals surface area contributed by atoms with Gasteiger partial charge in [0.1, 0.15) is 0 Å². The number of hydrogen-bond donors (Lipinski definition) is 1. The number of nitrogens with zero attached hydrogens (tertiary/aromatic N) is 2. The Bertz CT molecular complexity index is 264. The van der Waals surface area contributed by atoms with Gasteiger partial charge in [-0.3, -0.25) is 0 Å². The maximum atomic E-state index is 5.84. The standard InChI is InChI=1S/C9H17N3OS/c1-3-5-7(10)9-11-8(12-13-9)6-14-4-2/h7H,3-6,10H2,1-2H3/t7-/m1/s1. The summed E-state index contributed by atoms with van der Waals surface area (Å²) >= 11 is 1.77. The molecule has 1 atom stereocenters. The molecule has 1 aromatic rings. The summed E-state index contributed by atoms with van der Waals surface area (Å²) in [5.41, 5.74) is 5.84. The molecular weight excluding hydrogens is 198 g/mol. The van der Waals surface area contributed by atoms with Crippen LogP contribution in [0.5, 0.6) is 0 Å². The lowest BCUT2D eigenvalue weighted by atomic mass is 10.2. The monoisotopic (exact) mass is 215 g/mol. The van der Waals surface area contributed by atoms with Crippen LogP contribution in [0.1, 0.15) is 44.4 Å². The van der Waals surface area contributed by atoms with Crippen molar-refractivity contribution in [1.29, 1.82) is 0 Å². The quantitative estimate of drug-likeness (QED) is 0.787. The topological polar surface area (TPSA) is 64.9 Å². The highest BCUT2D eigenvalue weighted by Crippen LogP contribution is 2.15. The van der Waals surface area contributed by atoms with Gasteiger partial charge in [-0.2, -0.15) is 16.7 Å². The van der Waals surface area contributed by atoms with Gasteiger partial charge in [-0.05, 0) is 12.2 Å². The van der Waals surface area contributed by atoms with Gasteiger partial charge in [-0.15, -0.1) is 0 Å². The summed E-state index contributed by atoms with van der Waals surface area (Å²) in [4.78, 5) is 4.24. The Morgan fingerprint density at radius 1 is 1.50 bits per heavy atom. The molecule has 0 aliphatic heterocycles. The van der Waals surface area contributed by atoms with E-state index in [-0.39, 0.29) is 6.04 Å². The molecule has 0 fully saturated rings. The molecular formula is C9H17N3OS. The lowest BCUT2D eigenvalue weighted by Gasteiger charge is -2.01. The third-order valence-electron chi connectivity index (χ3n) is 1.84. The molecule has 0 aromatic carbocycles. The Kier molecular flexibility index (Phi) is 4.97. The summed E-state index contributed by atoms with van der Waals surface area (Å²) in [6, 6.07) is -0.104. The van der Waals surface area contributed by atoms with Gasteiger partial charge in [0.2, 0.25) is 5.89 Å². The molecule has 4 nitrogen and oxygen atoms in total. The molecule has 5 heteroatoms. The van der Waals surface area contributed by atoms with E-state index in [9.17, 15) is 0 Å². The minimum atomic E-state index is -0.104. The van der Waals surface area contributed by atoms with Crippen molar-refractivity contribution in [2.75, 3.05) is 5.75 Å². The summed E-state index contributed by atoms with van der Waals surface area (Å²) < 4.78 is 5.08. The van der Waals surface area contributed by atoms with Crippen molar-refractivity contribution in [1.82, 2.24) is 10.1 Å². The molecule has 0 saturated carbocycles. The van der Waals surface area contributed by atoms with Crippen molar-refractivity contribution in [3.05, 3.63) is 11.7 Å². The van der Waals surface area contributed by atoms with E-state index in [1.807, 2.05) is 0 Å². The second-order valence-electron chi connectivity index (χ2n) is 3.08. The molecule has 1 aromatic heterocycles. The number of thioether (sulfide) groups is 1. The average Bonchev–Trinajstić information content (AvgIpc) is 2.63. The van der Waals surface area contributed by atoms with Gasteiger partial charge in [0.15, 0.2) is 5.82 Å². The van der Waals surface area contributed by atoms with E-state index in [2.05, 4.69) is 24.0 Å². The molecule has 1 heterocycles. The number of hydrogen-bond acceptors (Lipinski definition) is 5. The van der Waals surface area contributed by atoms with Crippen molar-refractivity contribution in [2.45, 2.75) is 38.5 Å². The smallest absolute Gasteiger partial charge is 0.243 e. The lowest BCUT2D eigenvalue weighted by molar-refractivity contribution is 0.345. The first kappa shape index (κ1) is 11.5. The molecule has 0 saturated heterocycles. The van der Waals surface area contributed by atoms with E-state index >= 15 is 0 Å². The predicted octanol–water partition coefficient (Wildman–Crippen LogP) is 2.12. The molecule has 0 unspecified atom stereocenters. The third kappa shape index (κ3) is 3.31. The van der Waals surface area contributed by atoms with Gasteiger partial charge in [0.25, 0.3) is 0 Å². The summed E-state index contributed by atoms with van der Waals surface area (Å²) in [6.07, 6.45) is 1.92. The average molecular weight is 215 g/mol. The summed E-state index contributed by atoms with van der Waals surface area (Å²) in [5, 5.41) is 3.87. The molecule has 80 valence electrons. The van der Waals surface area contributed by atoms with Gasteiger partial charge >= 0.3 is 0 Å². The van der Waals surface area contributed by atoms with Crippen LogP contribution in [0.4, 0.5) is 0 Å². The fraction of sp³-hybridized carbons (Fsp3) is 0.778. The molecule has 0 amide bonds. The van der Waals surface area contributed by atoms with E-state index in [1.165, 1.54) is 0 Å². The van der Waals surface area contributed by atoms with Gasteiger partial charge in [0, 0.05) is 0 Å². The highest BCUT2D eigenvalue weighted by atomic mass is 32.2. The van der Waals surface area contributed by atoms with Crippen LogP contribution in [0, 0.1) is 0 Å². The highest BCUT2D eigenvalue weighted by molar-refractivity contribution is 7.98. The normalized spacial score (nSPS) is 13.1. The Morgan fingerprint density at radius 3 is 2.93 bits per heavy atom. The minimum Gasteiger partial charge on any atom is -0.338 e. The van der Waals surface area contributed by atoms with E-state index < -0.39 is 0 Å². The largest absolute Gasteiger partial charge is 0.338 e. The number of rotatable bonds is 6. The molecule has 0 aliphatic carbocycles. The number of aromatic nitrogens is 2. The van der Waals surface area contributed by atoms with Crippen LogP contribution in [0.15, 0.2) is 4.52 Å². The first-order chi connectivity index (χ1) is 6.77. The van der Waals surface area contributed by atoms with Gasteiger partial charge in [0.05, 0.1) is 11.8 Å². The highest BCUT2D eigenvalue weighted by Gasteiger charge is 2.13. The molecule has 14 heavy (non-hydrogen) atoms. The fourth-order valence-corrected chi connectivity index (χ4v) is 1.61. The van der Waals surface area contributed by atoms with Gasteiger partial charge in [-0.1, -0.05) is 25.4 Å². The molecule has 0 spiro atoms. The zero-order valence-electron chi connectivity index (χ0n) is 8.69. The summed E-state index contributed by atoms with van der Waals surface area (Å²) in [7, 11) is 0. The summed E-state index contributed by atoms with van der Waals surface area (Å²) in [6.45, 7) is 4.19. The van der Waals surface area contributed by atoms with Gasteiger partial charge < -0.3 is 10.3 Å².